The maximum Gasteiger partial charge on any atom is 0.224 e. The molecule has 0 heterocycles. The molecule has 0 fully saturated rings. The lowest BCUT2D eigenvalue weighted by Crippen LogP contribution is -2.40. The van der Waals surface area contributed by atoms with E-state index in [1.165, 1.54) is 0 Å². The highest BCUT2D eigenvalue weighted by Crippen LogP contribution is 1.93. The standard InChI is InChI=1S/C16H34N4O2.HI/c1-6-17-16(19-11-12-22-13-14(4)5)18-10-9-15(21)20(7-2)8-3;/h14H,6-13H2,1-5H3,(H2,17,18,19);1H. The average molecular weight is 442 g/mol. The molecule has 1 amide bonds. The van der Waals surface area contributed by atoms with Gasteiger partial charge in [0.2, 0.25) is 5.91 Å². The van der Waals surface area contributed by atoms with Gasteiger partial charge in [-0.1, -0.05) is 13.8 Å². The zero-order chi connectivity index (χ0) is 16.8. The molecule has 0 aliphatic rings. The minimum atomic E-state index is 0. The van der Waals surface area contributed by atoms with Crippen LogP contribution in [0.5, 0.6) is 0 Å². The molecule has 0 spiro atoms. The Balaban J connectivity index is 0. The lowest BCUT2D eigenvalue weighted by Gasteiger charge is -2.19. The molecule has 0 aromatic heterocycles. The molecule has 138 valence electrons. The second-order valence-electron chi connectivity index (χ2n) is 5.47. The van der Waals surface area contributed by atoms with Gasteiger partial charge < -0.3 is 20.3 Å². The number of nitrogens with zero attached hydrogens (tertiary/aromatic N) is 2. The Morgan fingerprint density at radius 1 is 1.17 bits per heavy atom. The minimum Gasteiger partial charge on any atom is -0.379 e. The molecule has 6 nitrogen and oxygen atoms in total. The fourth-order valence-corrected chi connectivity index (χ4v) is 1.91. The Labute approximate surface area is 158 Å². The van der Waals surface area contributed by atoms with Crippen LogP contribution in [0.4, 0.5) is 0 Å². The number of nitrogens with one attached hydrogen (secondary N) is 2. The van der Waals surface area contributed by atoms with Crippen molar-refractivity contribution in [3.8, 4) is 0 Å². The van der Waals surface area contributed by atoms with E-state index in [0.717, 1.165) is 32.2 Å². The van der Waals surface area contributed by atoms with Gasteiger partial charge in [-0.05, 0) is 26.7 Å². The summed E-state index contributed by atoms with van der Waals surface area (Å²) in [5, 5.41) is 6.36. The van der Waals surface area contributed by atoms with Gasteiger partial charge in [0.15, 0.2) is 5.96 Å². The first kappa shape index (κ1) is 24.7. The van der Waals surface area contributed by atoms with Crippen molar-refractivity contribution in [1.29, 1.82) is 0 Å². The van der Waals surface area contributed by atoms with Gasteiger partial charge in [0, 0.05) is 39.2 Å². The van der Waals surface area contributed by atoms with Crippen LogP contribution in [-0.4, -0.2) is 62.7 Å². The molecule has 0 radical (unpaired) electrons. The number of carbonyl (C=O) groups is 1. The van der Waals surface area contributed by atoms with Crippen LogP contribution in [-0.2, 0) is 9.53 Å². The molecular formula is C16H35IN4O2. The highest BCUT2D eigenvalue weighted by molar-refractivity contribution is 14.0. The summed E-state index contributed by atoms with van der Waals surface area (Å²) in [6.45, 7) is 15.2. The van der Waals surface area contributed by atoms with Gasteiger partial charge >= 0.3 is 0 Å². The zero-order valence-electron chi connectivity index (χ0n) is 15.4. The summed E-state index contributed by atoms with van der Waals surface area (Å²) in [6.07, 6.45) is 0.482. The van der Waals surface area contributed by atoms with E-state index in [2.05, 4.69) is 29.5 Å². The van der Waals surface area contributed by atoms with E-state index in [0.29, 0.717) is 32.0 Å². The number of hydrogen-bond acceptors (Lipinski definition) is 3. The van der Waals surface area contributed by atoms with Gasteiger partial charge in [-0.3, -0.25) is 9.79 Å². The SMILES string of the molecule is CCNC(=NCCOCC(C)C)NCCC(=O)N(CC)CC.I. The molecule has 0 aromatic carbocycles. The van der Waals surface area contributed by atoms with Crippen LogP contribution in [0.1, 0.15) is 41.0 Å². The second kappa shape index (κ2) is 16.3. The molecule has 23 heavy (non-hydrogen) atoms. The monoisotopic (exact) mass is 442 g/mol. The molecule has 0 aromatic rings. The van der Waals surface area contributed by atoms with E-state index in [4.69, 9.17) is 4.74 Å². The summed E-state index contributed by atoms with van der Waals surface area (Å²) >= 11 is 0. The maximum atomic E-state index is 11.9. The van der Waals surface area contributed by atoms with Crippen LogP contribution in [0.25, 0.3) is 0 Å². The molecule has 2 N–H and O–H groups in total. The van der Waals surface area contributed by atoms with E-state index in [9.17, 15) is 4.79 Å². The number of halogens is 1. The Kier molecular flexibility index (Phi) is 17.5. The largest absolute Gasteiger partial charge is 0.379 e. The summed E-state index contributed by atoms with van der Waals surface area (Å²) in [6, 6.07) is 0. The van der Waals surface area contributed by atoms with E-state index < -0.39 is 0 Å². The highest BCUT2D eigenvalue weighted by atomic mass is 127. The van der Waals surface area contributed by atoms with Gasteiger partial charge in [0.25, 0.3) is 0 Å². The van der Waals surface area contributed by atoms with Crippen molar-refractivity contribution in [1.82, 2.24) is 15.5 Å². The molecule has 0 aliphatic carbocycles. The summed E-state index contributed by atoms with van der Waals surface area (Å²) in [5.74, 6) is 1.46. The van der Waals surface area contributed by atoms with Crippen LogP contribution in [0, 0.1) is 5.92 Å². The number of carbonyl (C=O) groups excluding carboxylic acids is 1. The van der Waals surface area contributed by atoms with Crippen LogP contribution in [0.3, 0.4) is 0 Å². The van der Waals surface area contributed by atoms with Crippen LogP contribution < -0.4 is 10.6 Å². The minimum absolute atomic E-state index is 0. The molecule has 0 atom stereocenters. The Morgan fingerprint density at radius 2 is 1.83 bits per heavy atom. The van der Waals surface area contributed by atoms with Crippen LogP contribution in [0.15, 0.2) is 4.99 Å². The predicted octanol–water partition coefficient (Wildman–Crippen LogP) is 2.09. The summed E-state index contributed by atoms with van der Waals surface area (Å²) < 4.78 is 5.50. The fraction of sp³-hybridized carbons (Fsp3) is 0.875. The Bertz CT molecular complexity index is 321. The Hall–Kier alpha value is -0.570. The maximum absolute atomic E-state index is 11.9. The van der Waals surface area contributed by atoms with Crippen LogP contribution >= 0.6 is 24.0 Å². The van der Waals surface area contributed by atoms with Gasteiger partial charge in [0.05, 0.1) is 13.2 Å². The topological polar surface area (TPSA) is 66.0 Å². The summed E-state index contributed by atoms with van der Waals surface area (Å²) in [4.78, 5) is 18.2. The number of guanidine groups is 1. The van der Waals surface area contributed by atoms with Gasteiger partial charge in [-0.25, -0.2) is 0 Å². The number of amides is 1. The zero-order valence-corrected chi connectivity index (χ0v) is 17.7. The van der Waals surface area contributed by atoms with E-state index in [1.807, 2.05) is 25.7 Å². The van der Waals surface area contributed by atoms with Crippen molar-refractivity contribution in [3.63, 3.8) is 0 Å². The van der Waals surface area contributed by atoms with Crippen molar-refractivity contribution in [2.75, 3.05) is 45.9 Å². The third kappa shape index (κ3) is 13.6. The van der Waals surface area contributed by atoms with E-state index in [1.54, 1.807) is 0 Å². The lowest BCUT2D eigenvalue weighted by molar-refractivity contribution is -0.130. The first-order valence-electron chi connectivity index (χ1n) is 8.42. The molecule has 0 saturated heterocycles. The van der Waals surface area contributed by atoms with E-state index >= 15 is 0 Å². The van der Waals surface area contributed by atoms with Crippen molar-refractivity contribution < 1.29 is 9.53 Å². The molecular weight excluding hydrogens is 407 g/mol. The quantitative estimate of drug-likeness (QED) is 0.223. The van der Waals surface area contributed by atoms with Crippen molar-refractivity contribution in [2.45, 2.75) is 41.0 Å². The molecule has 7 heteroatoms. The molecule has 0 unspecified atom stereocenters. The van der Waals surface area contributed by atoms with Gasteiger partial charge in [-0.15, -0.1) is 24.0 Å². The lowest BCUT2D eigenvalue weighted by atomic mass is 10.2. The molecule has 0 saturated carbocycles. The molecule has 0 rings (SSSR count). The second-order valence-corrected chi connectivity index (χ2v) is 5.47. The number of ether oxygens (including phenoxy) is 1. The average Bonchev–Trinajstić information content (AvgIpc) is 2.47. The van der Waals surface area contributed by atoms with Gasteiger partial charge in [0.1, 0.15) is 0 Å². The predicted molar refractivity (Wildman–Crippen MR) is 108 cm³/mol. The van der Waals surface area contributed by atoms with Crippen molar-refractivity contribution in [3.05, 3.63) is 0 Å². The number of aliphatic imine (C=N–C) groups is 1. The number of hydrogen-bond donors (Lipinski definition) is 2. The summed E-state index contributed by atoms with van der Waals surface area (Å²) in [5.41, 5.74) is 0. The number of rotatable bonds is 11. The first-order chi connectivity index (χ1) is 10.5. The smallest absolute Gasteiger partial charge is 0.224 e. The van der Waals surface area contributed by atoms with Gasteiger partial charge in [-0.2, -0.15) is 0 Å². The fourth-order valence-electron chi connectivity index (χ4n) is 1.91. The molecule has 0 bridgehead atoms. The Morgan fingerprint density at radius 3 is 2.35 bits per heavy atom. The molecule has 0 aliphatic heterocycles. The van der Waals surface area contributed by atoms with Crippen molar-refractivity contribution in [2.24, 2.45) is 10.9 Å². The third-order valence-corrected chi connectivity index (χ3v) is 3.05. The third-order valence-electron chi connectivity index (χ3n) is 3.05. The van der Waals surface area contributed by atoms with Crippen LogP contribution in [0.2, 0.25) is 0 Å². The first-order valence-corrected chi connectivity index (χ1v) is 8.42. The highest BCUT2D eigenvalue weighted by Gasteiger charge is 2.08. The van der Waals surface area contributed by atoms with Crippen molar-refractivity contribution >= 4 is 35.8 Å². The van der Waals surface area contributed by atoms with E-state index in [-0.39, 0.29) is 29.9 Å². The normalized spacial score (nSPS) is 11.1. The summed E-state index contributed by atoms with van der Waals surface area (Å²) in [7, 11) is 0.